The van der Waals surface area contributed by atoms with Crippen molar-refractivity contribution < 1.29 is 9.53 Å². The monoisotopic (exact) mass is 348 g/mol. The number of imidazole rings is 1. The van der Waals surface area contributed by atoms with E-state index in [9.17, 15) is 4.79 Å². The van der Waals surface area contributed by atoms with Gasteiger partial charge in [-0.1, -0.05) is 6.07 Å². The van der Waals surface area contributed by atoms with Gasteiger partial charge in [0.25, 0.3) is 0 Å². The summed E-state index contributed by atoms with van der Waals surface area (Å²) < 4.78 is 7.34. The maximum Gasteiger partial charge on any atom is 0.317 e. The van der Waals surface area contributed by atoms with Crippen molar-refractivity contribution in [2.24, 2.45) is 0 Å². The SMILES string of the molecule is COc1cc(CN(C)C(=O)N[C@@H](C)Cn2ccnc2)ccc1SC. The highest BCUT2D eigenvalue weighted by Crippen LogP contribution is 2.28. The Morgan fingerprint density at radius 3 is 2.92 bits per heavy atom. The molecular formula is C17H24N4O2S. The minimum Gasteiger partial charge on any atom is -0.496 e. The third kappa shape index (κ3) is 4.92. The minimum atomic E-state index is -0.101. The van der Waals surface area contributed by atoms with Gasteiger partial charge in [0.1, 0.15) is 5.75 Å². The molecular weight excluding hydrogens is 324 g/mol. The predicted octanol–water partition coefficient (Wildman–Crippen LogP) is 2.84. The lowest BCUT2D eigenvalue weighted by Gasteiger charge is -2.22. The number of nitrogens with zero attached hydrogens (tertiary/aromatic N) is 3. The first kappa shape index (κ1) is 18.2. The number of carbonyl (C=O) groups is 1. The van der Waals surface area contributed by atoms with Gasteiger partial charge in [0.05, 0.1) is 13.4 Å². The maximum atomic E-state index is 12.3. The molecule has 0 spiro atoms. The van der Waals surface area contributed by atoms with Crippen molar-refractivity contribution in [3.05, 3.63) is 42.5 Å². The molecule has 0 bridgehead atoms. The highest BCUT2D eigenvalue weighted by molar-refractivity contribution is 7.98. The Morgan fingerprint density at radius 2 is 2.29 bits per heavy atom. The fraction of sp³-hybridized carbons (Fsp3) is 0.412. The van der Waals surface area contributed by atoms with E-state index in [-0.39, 0.29) is 12.1 Å². The fourth-order valence-corrected chi connectivity index (χ4v) is 2.95. The molecule has 0 aliphatic heterocycles. The van der Waals surface area contributed by atoms with E-state index in [2.05, 4.69) is 10.3 Å². The molecule has 24 heavy (non-hydrogen) atoms. The van der Waals surface area contributed by atoms with Gasteiger partial charge in [-0.2, -0.15) is 0 Å². The molecule has 7 heteroatoms. The lowest BCUT2D eigenvalue weighted by atomic mass is 10.2. The normalized spacial score (nSPS) is 11.8. The van der Waals surface area contributed by atoms with Crippen molar-refractivity contribution in [2.75, 3.05) is 20.4 Å². The Morgan fingerprint density at radius 1 is 1.50 bits per heavy atom. The number of rotatable bonds is 7. The second-order valence-electron chi connectivity index (χ2n) is 5.66. The summed E-state index contributed by atoms with van der Waals surface area (Å²) in [6, 6.07) is 5.93. The zero-order valence-corrected chi connectivity index (χ0v) is 15.3. The van der Waals surface area contributed by atoms with Crippen LogP contribution in [0.25, 0.3) is 0 Å². The van der Waals surface area contributed by atoms with Crippen molar-refractivity contribution in [3.63, 3.8) is 0 Å². The van der Waals surface area contributed by atoms with E-state index in [1.165, 1.54) is 0 Å². The minimum absolute atomic E-state index is 0.0163. The Kier molecular flexibility index (Phi) is 6.54. The van der Waals surface area contributed by atoms with E-state index in [1.807, 2.05) is 42.1 Å². The number of benzene rings is 1. The third-order valence-electron chi connectivity index (χ3n) is 3.63. The Balaban J connectivity index is 1.91. The van der Waals surface area contributed by atoms with Crippen LogP contribution < -0.4 is 10.1 Å². The molecule has 0 fully saturated rings. The summed E-state index contributed by atoms with van der Waals surface area (Å²) in [5, 5.41) is 2.99. The zero-order chi connectivity index (χ0) is 17.5. The van der Waals surface area contributed by atoms with Crippen molar-refractivity contribution in [1.82, 2.24) is 19.8 Å². The highest BCUT2D eigenvalue weighted by Gasteiger charge is 2.13. The number of methoxy groups -OCH3 is 1. The summed E-state index contributed by atoms with van der Waals surface area (Å²) in [5.41, 5.74) is 1.03. The second-order valence-corrected chi connectivity index (χ2v) is 6.50. The zero-order valence-electron chi connectivity index (χ0n) is 14.5. The number of amides is 2. The lowest BCUT2D eigenvalue weighted by molar-refractivity contribution is 0.202. The Bertz CT molecular complexity index is 661. The quantitative estimate of drug-likeness (QED) is 0.782. The molecule has 0 aliphatic rings. The largest absolute Gasteiger partial charge is 0.496 e. The molecule has 2 amide bonds. The van der Waals surface area contributed by atoms with Gasteiger partial charge in [-0.3, -0.25) is 0 Å². The van der Waals surface area contributed by atoms with Crippen LogP contribution in [0, 0.1) is 0 Å². The molecule has 130 valence electrons. The average Bonchev–Trinajstić information content (AvgIpc) is 3.07. The van der Waals surface area contributed by atoms with Gasteiger partial charge in [-0.15, -0.1) is 11.8 Å². The molecule has 1 aromatic heterocycles. The van der Waals surface area contributed by atoms with Crippen LogP contribution in [0.4, 0.5) is 4.79 Å². The van der Waals surface area contributed by atoms with Gasteiger partial charge >= 0.3 is 6.03 Å². The van der Waals surface area contributed by atoms with Gasteiger partial charge in [0, 0.05) is 43.5 Å². The number of carbonyl (C=O) groups excluding carboxylic acids is 1. The number of nitrogens with one attached hydrogen (secondary N) is 1. The lowest BCUT2D eigenvalue weighted by Crippen LogP contribution is -2.43. The standard InChI is InChI=1S/C17H24N4O2S/c1-13(10-21-8-7-18-12-21)19-17(22)20(2)11-14-5-6-16(24-4)15(9-14)23-3/h5-9,12-13H,10-11H2,1-4H3,(H,19,22)/t13-/m0/s1. The summed E-state index contributed by atoms with van der Waals surface area (Å²) in [6.45, 7) is 3.19. The Labute approximate surface area is 147 Å². The van der Waals surface area contributed by atoms with Gasteiger partial charge < -0.3 is 19.5 Å². The smallest absolute Gasteiger partial charge is 0.317 e. The molecule has 1 aromatic carbocycles. The van der Waals surface area contributed by atoms with E-state index in [0.29, 0.717) is 13.1 Å². The van der Waals surface area contributed by atoms with Gasteiger partial charge in [-0.05, 0) is 30.9 Å². The molecule has 0 saturated heterocycles. The van der Waals surface area contributed by atoms with E-state index in [4.69, 9.17) is 4.74 Å². The molecule has 1 heterocycles. The summed E-state index contributed by atoms with van der Waals surface area (Å²) >= 11 is 1.64. The first-order chi connectivity index (χ1) is 11.5. The van der Waals surface area contributed by atoms with Crippen molar-refractivity contribution in [3.8, 4) is 5.75 Å². The fourth-order valence-electron chi connectivity index (χ4n) is 2.40. The van der Waals surface area contributed by atoms with Crippen LogP contribution in [-0.2, 0) is 13.1 Å². The molecule has 0 aliphatic carbocycles. The number of thioether (sulfide) groups is 1. The van der Waals surface area contributed by atoms with Crippen LogP contribution >= 0.6 is 11.8 Å². The molecule has 6 nitrogen and oxygen atoms in total. The topological polar surface area (TPSA) is 59.4 Å². The van der Waals surface area contributed by atoms with E-state index >= 15 is 0 Å². The number of hydrogen-bond acceptors (Lipinski definition) is 4. The summed E-state index contributed by atoms with van der Waals surface area (Å²) in [4.78, 5) is 19.1. The summed E-state index contributed by atoms with van der Waals surface area (Å²) in [7, 11) is 3.45. The molecule has 2 aromatic rings. The highest BCUT2D eigenvalue weighted by atomic mass is 32.2. The number of urea groups is 1. The van der Waals surface area contributed by atoms with Crippen LogP contribution in [0.2, 0.25) is 0 Å². The van der Waals surface area contributed by atoms with Crippen LogP contribution in [-0.4, -0.2) is 46.9 Å². The summed E-state index contributed by atoms with van der Waals surface area (Å²) in [6.07, 6.45) is 7.36. The molecule has 0 radical (unpaired) electrons. The van der Waals surface area contributed by atoms with Crippen LogP contribution in [0.5, 0.6) is 5.75 Å². The van der Waals surface area contributed by atoms with Crippen molar-refractivity contribution >= 4 is 17.8 Å². The van der Waals surface area contributed by atoms with E-state index < -0.39 is 0 Å². The van der Waals surface area contributed by atoms with Gasteiger partial charge in [-0.25, -0.2) is 9.78 Å². The van der Waals surface area contributed by atoms with Crippen LogP contribution in [0.3, 0.4) is 0 Å². The number of ether oxygens (including phenoxy) is 1. The molecule has 2 rings (SSSR count). The van der Waals surface area contributed by atoms with E-state index in [0.717, 1.165) is 16.2 Å². The van der Waals surface area contributed by atoms with Gasteiger partial charge in [0.2, 0.25) is 0 Å². The van der Waals surface area contributed by atoms with Crippen LogP contribution in [0.15, 0.2) is 41.8 Å². The maximum absolute atomic E-state index is 12.3. The van der Waals surface area contributed by atoms with Crippen molar-refractivity contribution in [2.45, 2.75) is 31.0 Å². The molecule has 0 saturated carbocycles. The van der Waals surface area contributed by atoms with Crippen molar-refractivity contribution in [1.29, 1.82) is 0 Å². The van der Waals surface area contributed by atoms with Gasteiger partial charge in [0.15, 0.2) is 0 Å². The first-order valence-electron chi connectivity index (χ1n) is 7.71. The summed E-state index contributed by atoms with van der Waals surface area (Å²) in [5.74, 6) is 0.835. The first-order valence-corrected chi connectivity index (χ1v) is 8.94. The third-order valence-corrected chi connectivity index (χ3v) is 4.41. The predicted molar refractivity (Wildman–Crippen MR) is 96.5 cm³/mol. The Hall–Kier alpha value is -2.15. The number of aromatic nitrogens is 2. The van der Waals surface area contributed by atoms with Crippen LogP contribution in [0.1, 0.15) is 12.5 Å². The molecule has 1 N–H and O–H groups in total. The number of hydrogen-bond donors (Lipinski definition) is 1. The van der Waals surface area contributed by atoms with E-state index in [1.54, 1.807) is 43.3 Å². The molecule has 0 unspecified atom stereocenters. The second kappa shape index (κ2) is 8.63. The average molecular weight is 348 g/mol. The molecule has 1 atom stereocenters.